The van der Waals surface area contributed by atoms with Crippen molar-refractivity contribution in [3.8, 4) is 78.6 Å². The first-order chi connectivity index (χ1) is 32.1. The molecule has 0 saturated carbocycles. The van der Waals surface area contributed by atoms with Crippen molar-refractivity contribution in [3.63, 3.8) is 0 Å². The van der Waals surface area contributed by atoms with Crippen molar-refractivity contribution >= 4 is 11.0 Å². The molecular weight excluding hydrogens is 755 g/mol. The molecule has 0 aliphatic carbocycles. The molecule has 0 radical (unpaired) electrons. The van der Waals surface area contributed by atoms with E-state index in [1.165, 1.54) is 11.1 Å². The lowest BCUT2D eigenvalue weighted by atomic mass is 9.79. The number of para-hydroxylation sites is 2. The number of hydrogen-bond donors (Lipinski definition) is 1. The zero-order valence-electron chi connectivity index (χ0n) is 42.0. The van der Waals surface area contributed by atoms with Crippen LogP contribution in [0.15, 0.2) is 170 Å². The minimum absolute atomic E-state index is 0.0127. The summed E-state index contributed by atoms with van der Waals surface area (Å²) in [4.78, 5) is 10.2. The third kappa shape index (κ3) is 7.85. The van der Waals surface area contributed by atoms with Crippen LogP contribution in [0, 0.1) is 13.7 Å². The van der Waals surface area contributed by atoms with Crippen LogP contribution in [0.4, 0.5) is 0 Å². The van der Waals surface area contributed by atoms with Gasteiger partial charge in [-0.2, -0.15) is 0 Å². The minimum Gasteiger partial charge on any atom is -0.507 e. The van der Waals surface area contributed by atoms with Gasteiger partial charge in [-0.25, -0.2) is 4.98 Å². The van der Waals surface area contributed by atoms with Gasteiger partial charge in [-0.15, -0.1) is 0 Å². The molecule has 0 aliphatic rings. The Morgan fingerprint density at radius 2 is 1.13 bits per heavy atom. The number of benzene rings is 7. The zero-order valence-corrected chi connectivity index (χ0v) is 36.0. The van der Waals surface area contributed by atoms with Gasteiger partial charge < -0.3 is 5.11 Å². The van der Waals surface area contributed by atoms with E-state index >= 15 is 0 Å². The summed E-state index contributed by atoms with van der Waals surface area (Å²) < 4.78 is 52.4. The average molecular weight is 814 g/mol. The minimum atomic E-state index is -2.53. The SMILES string of the molecule is [2H]C([2H])([2H])c1ccc(-c2ccnc(-c3cc(-c4ccccc4)cc(-c4cccc5c4nc(-c4ccccc4O)n5-c4ccc(-c5cc(C(C)(C)C)cc(C(C)(C)C)c5)cc4C([2H])([2H])[2H])c3)c2)cc1. The maximum Gasteiger partial charge on any atom is 0.149 e. The van der Waals surface area contributed by atoms with Crippen LogP contribution in [0.2, 0.25) is 0 Å². The van der Waals surface area contributed by atoms with Crippen LogP contribution in [0.1, 0.15) is 72.0 Å². The number of fused-ring (bicyclic) bond motifs is 1. The first kappa shape index (κ1) is 33.7. The number of pyridine rings is 1. The number of imidazole rings is 1. The van der Waals surface area contributed by atoms with E-state index in [4.69, 9.17) is 18.2 Å². The molecule has 0 saturated heterocycles. The van der Waals surface area contributed by atoms with Gasteiger partial charge in [0, 0.05) is 25.5 Å². The summed E-state index contributed by atoms with van der Waals surface area (Å²) in [6.07, 6.45) is 1.76. The monoisotopic (exact) mass is 813 g/mol. The van der Waals surface area contributed by atoms with E-state index in [0.29, 0.717) is 28.1 Å². The Balaban J connectivity index is 1.26. The highest BCUT2D eigenvalue weighted by atomic mass is 16.3. The van der Waals surface area contributed by atoms with Crippen molar-refractivity contribution in [1.29, 1.82) is 0 Å². The number of nitrogens with zero attached hydrogens (tertiary/aromatic N) is 3. The fraction of sp³-hybridized carbons (Fsp3) is 0.172. The first-order valence-electron chi connectivity index (χ1n) is 24.0. The molecule has 4 nitrogen and oxygen atoms in total. The van der Waals surface area contributed by atoms with E-state index in [2.05, 4.69) is 90.1 Å². The van der Waals surface area contributed by atoms with Gasteiger partial charge in [-0.3, -0.25) is 9.55 Å². The van der Waals surface area contributed by atoms with E-state index < -0.39 is 13.7 Å². The van der Waals surface area contributed by atoms with Crippen LogP contribution in [0.5, 0.6) is 5.75 Å². The molecule has 0 atom stereocenters. The van der Waals surface area contributed by atoms with Crippen LogP contribution in [0.25, 0.3) is 83.9 Å². The van der Waals surface area contributed by atoms with Gasteiger partial charge in [0.25, 0.3) is 0 Å². The summed E-state index contributed by atoms with van der Waals surface area (Å²) in [6, 6.07) is 52.5. The first-order valence-corrected chi connectivity index (χ1v) is 21.0. The summed E-state index contributed by atoms with van der Waals surface area (Å²) in [6.45, 7) is 8.41. The fourth-order valence-electron chi connectivity index (χ4n) is 8.15. The largest absolute Gasteiger partial charge is 0.507 e. The molecule has 2 aromatic heterocycles. The van der Waals surface area contributed by atoms with E-state index in [9.17, 15) is 5.11 Å². The number of aryl methyl sites for hydroxylation is 2. The highest BCUT2D eigenvalue weighted by Gasteiger charge is 2.24. The molecule has 7 aromatic carbocycles. The maximum absolute atomic E-state index is 11.4. The summed E-state index contributed by atoms with van der Waals surface area (Å²) in [7, 11) is 0. The molecule has 0 aliphatic heterocycles. The molecular formula is C58H53N3O. The number of phenols is 1. The predicted molar refractivity (Wildman–Crippen MR) is 260 cm³/mol. The third-order valence-electron chi connectivity index (χ3n) is 11.7. The molecule has 1 N–H and O–H groups in total. The lowest BCUT2D eigenvalue weighted by molar-refractivity contribution is 0.477. The fourth-order valence-corrected chi connectivity index (χ4v) is 8.15. The summed E-state index contributed by atoms with van der Waals surface area (Å²) in [5.41, 5.74) is 13.3. The van der Waals surface area contributed by atoms with Gasteiger partial charge in [0.1, 0.15) is 11.6 Å². The number of aromatic nitrogens is 3. The van der Waals surface area contributed by atoms with E-state index in [-0.39, 0.29) is 27.7 Å². The molecule has 0 bridgehead atoms. The van der Waals surface area contributed by atoms with Crippen LogP contribution in [-0.2, 0) is 10.8 Å². The molecule has 0 fully saturated rings. The lowest BCUT2D eigenvalue weighted by Gasteiger charge is -2.26. The average Bonchev–Trinajstić information content (AvgIpc) is 3.70. The predicted octanol–water partition coefficient (Wildman–Crippen LogP) is 15.3. The Morgan fingerprint density at radius 1 is 0.500 bits per heavy atom. The number of rotatable bonds is 7. The quantitative estimate of drug-likeness (QED) is 0.174. The van der Waals surface area contributed by atoms with Crippen molar-refractivity contribution in [2.24, 2.45) is 0 Å². The molecule has 9 aromatic rings. The Kier molecular flexibility index (Phi) is 8.56. The zero-order chi connectivity index (χ0) is 48.3. The van der Waals surface area contributed by atoms with Gasteiger partial charge in [0.15, 0.2) is 0 Å². The number of hydrogen-bond acceptors (Lipinski definition) is 3. The maximum atomic E-state index is 11.4. The molecule has 4 heteroatoms. The van der Waals surface area contributed by atoms with Crippen molar-refractivity contribution in [2.75, 3.05) is 0 Å². The highest BCUT2D eigenvalue weighted by molar-refractivity contribution is 5.98. The van der Waals surface area contributed by atoms with Crippen molar-refractivity contribution < 1.29 is 13.3 Å². The smallest absolute Gasteiger partial charge is 0.149 e. The van der Waals surface area contributed by atoms with E-state index in [1.54, 1.807) is 42.6 Å². The second-order valence-corrected chi connectivity index (χ2v) is 18.2. The summed E-state index contributed by atoms with van der Waals surface area (Å²) >= 11 is 0. The van der Waals surface area contributed by atoms with Crippen LogP contribution >= 0.6 is 0 Å². The van der Waals surface area contributed by atoms with Gasteiger partial charge in [-0.05, 0) is 141 Å². The van der Waals surface area contributed by atoms with Crippen LogP contribution in [-0.4, -0.2) is 19.6 Å². The second kappa shape index (κ2) is 15.8. The van der Waals surface area contributed by atoms with Crippen LogP contribution in [0.3, 0.4) is 0 Å². The van der Waals surface area contributed by atoms with Crippen molar-refractivity contribution in [1.82, 2.24) is 14.5 Å². The van der Waals surface area contributed by atoms with Gasteiger partial charge in [-0.1, -0.05) is 150 Å². The Bertz CT molecular complexity index is 3300. The standard InChI is InChI=1S/C58H53N3O/c1-37-21-23-40(24-22-37)42-27-28-59-51(35-42)46-31-43(39-15-10-9-11-16-39)30-45(32-46)49-18-14-19-53-55(49)60-56(50-17-12-13-20-54(50)62)61(53)52-26-25-41(29-38(52)2)44-33-47(57(3,4)5)36-48(34-44)58(6,7)8/h9-36,62H,1-8H3/i1D3,2D3. The van der Waals surface area contributed by atoms with Gasteiger partial charge in [0.2, 0.25) is 0 Å². The molecule has 0 spiro atoms. The normalized spacial score (nSPS) is 13.8. The van der Waals surface area contributed by atoms with Gasteiger partial charge in [0.05, 0.1) is 28.0 Å². The lowest BCUT2D eigenvalue weighted by Crippen LogP contribution is -2.16. The molecule has 62 heavy (non-hydrogen) atoms. The number of phenolic OH excluding ortho intramolecular Hbond substituents is 1. The van der Waals surface area contributed by atoms with E-state index in [1.807, 2.05) is 83.4 Å². The number of aromatic hydroxyl groups is 1. The molecule has 9 rings (SSSR count). The Labute approximate surface area is 374 Å². The molecule has 0 unspecified atom stereocenters. The molecule has 0 amide bonds. The van der Waals surface area contributed by atoms with Gasteiger partial charge >= 0.3 is 0 Å². The highest BCUT2D eigenvalue weighted by Crippen LogP contribution is 2.41. The molecule has 306 valence electrons. The summed E-state index contributed by atoms with van der Waals surface area (Å²) in [5.74, 6) is 0.408. The van der Waals surface area contributed by atoms with Crippen molar-refractivity contribution in [3.05, 3.63) is 192 Å². The van der Waals surface area contributed by atoms with Crippen molar-refractivity contribution in [2.45, 2.75) is 66.1 Å². The second-order valence-electron chi connectivity index (χ2n) is 18.2. The topological polar surface area (TPSA) is 50.9 Å². The summed E-state index contributed by atoms with van der Waals surface area (Å²) in [5, 5.41) is 11.4. The molecule has 2 heterocycles. The third-order valence-corrected chi connectivity index (χ3v) is 11.7. The Hall–Kier alpha value is -7.04. The Morgan fingerprint density at radius 3 is 1.84 bits per heavy atom. The van der Waals surface area contributed by atoms with Crippen LogP contribution < -0.4 is 0 Å². The van der Waals surface area contributed by atoms with E-state index in [0.717, 1.165) is 55.8 Å².